The highest BCUT2D eigenvalue weighted by molar-refractivity contribution is 6.10. The van der Waals surface area contributed by atoms with Gasteiger partial charge in [0.2, 0.25) is 0 Å². The molecule has 0 saturated carbocycles. The summed E-state index contributed by atoms with van der Waals surface area (Å²) in [6, 6.07) is 17.6. The van der Waals surface area contributed by atoms with E-state index >= 15 is 0 Å². The van der Waals surface area contributed by atoms with Crippen molar-refractivity contribution < 1.29 is 14.7 Å². The Kier molecular flexibility index (Phi) is 5.94. The van der Waals surface area contributed by atoms with Crippen LogP contribution in [0.15, 0.2) is 67.0 Å². The average Bonchev–Trinajstić information content (AvgIpc) is 3.49. The predicted octanol–water partition coefficient (Wildman–Crippen LogP) is 6.02. The Bertz CT molecular complexity index is 1530. The minimum absolute atomic E-state index is 0.0888. The van der Waals surface area contributed by atoms with Gasteiger partial charge >= 0.3 is 5.97 Å². The van der Waals surface area contributed by atoms with Gasteiger partial charge in [-0.05, 0) is 80.6 Å². The van der Waals surface area contributed by atoms with Gasteiger partial charge in [0.25, 0.3) is 5.91 Å². The fraction of sp³-hybridized carbons (Fsp3) is 0.267. The number of hydrogen-bond donors (Lipinski definition) is 1. The topological polar surface area (TPSA) is 88.3 Å². The summed E-state index contributed by atoms with van der Waals surface area (Å²) in [5.74, 6) is 0.411. The smallest absolute Gasteiger partial charge is 0.313 e. The first-order valence-corrected chi connectivity index (χ1v) is 12.4. The van der Waals surface area contributed by atoms with Crippen LogP contribution in [-0.2, 0) is 16.8 Å². The SMILES string of the molecule is Cc1cc(-c2ccc3c(c2)C(=O)N(c2cccc(-c4nccn4C(C)C)n2)C3)ccc1C(C)(C)C(=O)O. The number of aromatic nitrogens is 3. The largest absolute Gasteiger partial charge is 0.481 e. The molecule has 1 aliphatic rings. The van der Waals surface area contributed by atoms with E-state index in [0.29, 0.717) is 17.9 Å². The third kappa shape index (κ3) is 4.20. The van der Waals surface area contributed by atoms with Gasteiger partial charge in [-0.3, -0.25) is 14.5 Å². The Morgan fingerprint density at radius 3 is 2.49 bits per heavy atom. The number of pyridine rings is 1. The molecule has 0 spiro atoms. The Labute approximate surface area is 216 Å². The quantitative estimate of drug-likeness (QED) is 0.354. The Hall–Kier alpha value is -4.26. The van der Waals surface area contributed by atoms with Crippen molar-refractivity contribution in [3.05, 3.63) is 89.2 Å². The highest BCUT2D eigenvalue weighted by Gasteiger charge is 2.32. The van der Waals surface area contributed by atoms with Gasteiger partial charge in [-0.2, -0.15) is 0 Å². The van der Waals surface area contributed by atoms with E-state index in [1.807, 2.05) is 67.7 Å². The van der Waals surface area contributed by atoms with Gasteiger partial charge in [0.15, 0.2) is 5.82 Å². The summed E-state index contributed by atoms with van der Waals surface area (Å²) < 4.78 is 2.06. The lowest BCUT2D eigenvalue weighted by Gasteiger charge is -2.22. The van der Waals surface area contributed by atoms with Gasteiger partial charge in [-0.15, -0.1) is 0 Å². The zero-order chi connectivity index (χ0) is 26.5. The van der Waals surface area contributed by atoms with E-state index in [2.05, 4.69) is 23.4 Å². The van der Waals surface area contributed by atoms with E-state index in [1.54, 1.807) is 24.9 Å². The number of fused-ring (bicyclic) bond motifs is 1. The van der Waals surface area contributed by atoms with Crippen LogP contribution in [0.3, 0.4) is 0 Å². The summed E-state index contributed by atoms with van der Waals surface area (Å²) in [5.41, 5.74) is 4.88. The zero-order valence-electron chi connectivity index (χ0n) is 21.7. The first-order chi connectivity index (χ1) is 17.6. The molecule has 7 heteroatoms. The Morgan fingerprint density at radius 2 is 1.78 bits per heavy atom. The lowest BCUT2D eigenvalue weighted by atomic mass is 9.81. The first-order valence-electron chi connectivity index (χ1n) is 12.4. The zero-order valence-corrected chi connectivity index (χ0v) is 21.7. The van der Waals surface area contributed by atoms with E-state index in [9.17, 15) is 14.7 Å². The number of aryl methyl sites for hydroxylation is 1. The average molecular weight is 495 g/mol. The van der Waals surface area contributed by atoms with Crippen molar-refractivity contribution >= 4 is 17.7 Å². The molecule has 188 valence electrons. The number of carboxylic acids is 1. The maximum atomic E-state index is 13.5. The molecule has 1 N–H and O–H groups in total. The summed E-state index contributed by atoms with van der Waals surface area (Å²) in [7, 11) is 0. The predicted molar refractivity (Wildman–Crippen MR) is 144 cm³/mol. The van der Waals surface area contributed by atoms with E-state index in [0.717, 1.165) is 39.3 Å². The molecule has 5 rings (SSSR count). The number of carbonyl (C=O) groups is 2. The molecule has 0 unspecified atom stereocenters. The molecular weight excluding hydrogens is 464 g/mol. The second kappa shape index (κ2) is 9.00. The molecule has 7 nitrogen and oxygen atoms in total. The molecule has 2 aromatic carbocycles. The minimum Gasteiger partial charge on any atom is -0.481 e. The summed E-state index contributed by atoms with van der Waals surface area (Å²) >= 11 is 0. The van der Waals surface area contributed by atoms with Crippen LogP contribution in [0.2, 0.25) is 0 Å². The number of aliphatic carboxylic acids is 1. The third-order valence-electron chi connectivity index (χ3n) is 7.15. The molecule has 0 radical (unpaired) electrons. The molecule has 1 amide bonds. The van der Waals surface area contributed by atoms with Crippen LogP contribution in [-0.4, -0.2) is 31.5 Å². The molecule has 1 aliphatic heterocycles. The standard InChI is InChI=1S/C30H30N4O3/c1-18(2)33-14-13-31-27(33)25-7-6-8-26(32-25)34-17-22-10-9-21(16-23(22)28(34)35)20-11-12-24(19(3)15-20)30(4,5)29(36)37/h6-16,18H,17H2,1-5H3,(H,36,37). The van der Waals surface area contributed by atoms with Crippen LogP contribution >= 0.6 is 0 Å². The first kappa shape index (κ1) is 24.4. The fourth-order valence-electron chi connectivity index (χ4n) is 4.95. The molecule has 0 aliphatic carbocycles. The Balaban J connectivity index is 1.45. The van der Waals surface area contributed by atoms with Crippen molar-refractivity contribution in [2.24, 2.45) is 0 Å². The third-order valence-corrected chi connectivity index (χ3v) is 7.15. The van der Waals surface area contributed by atoms with E-state index < -0.39 is 11.4 Å². The fourth-order valence-corrected chi connectivity index (χ4v) is 4.95. The second-order valence-electron chi connectivity index (χ2n) is 10.4. The number of anilines is 1. The van der Waals surface area contributed by atoms with Gasteiger partial charge in [-0.25, -0.2) is 9.97 Å². The number of rotatable bonds is 6. The number of hydrogen-bond acceptors (Lipinski definition) is 4. The van der Waals surface area contributed by atoms with Crippen molar-refractivity contribution in [3.8, 4) is 22.6 Å². The summed E-state index contributed by atoms with van der Waals surface area (Å²) in [6.45, 7) is 9.98. The monoisotopic (exact) mass is 494 g/mol. The highest BCUT2D eigenvalue weighted by atomic mass is 16.4. The van der Waals surface area contributed by atoms with Crippen LogP contribution in [0.5, 0.6) is 0 Å². The van der Waals surface area contributed by atoms with Gasteiger partial charge < -0.3 is 9.67 Å². The van der Waals surface area contributed by atoms with Crippen molar-refractivity contribution in [3.63, 3.8) is 0 Å². The lowest BCUT2D eigenvalue weighted by molar-refractivity contribution is -0.142. The minimum atomic E-state index is -0.981. The van der Waals surface area contributed by atoms with Crippen LogP contribution in [0.25, 0.3) is 22.6 Å². The summed E-state index contributed by atoms with van der Waals surface area (Å²) in [4.78, 5) is 36.2. The molecular formula is C30H30N4O3. The molecule has 0 bridgehead atoms. The van der Waals surface area contributed by atoms with Gasteiger partial charge in [0, 0.05) is 24.0 Å². The number of carboxylic acid groups (broad SMARTS) is 1. The maximum absolute atomic E-state index is 13.5. The number of imidazole rings is 1. The van der Waals surface area contributed by atoms with E-state index in [1.165, 1.54) is 0 Å². The number of benzene rings is 2. The van der Waals surface area contributed by atoms with E-state index in [4.69, 9.17) is 4.98 Å². The normalized spacial score (nSPS) is 13.4. The van der Waals surface area contributed by atoms with Crippen molar-refractivity contribution in [2.45, 2.75) is 52.6 Å². The number of carbonyl (C=O) groups excluding carboxylic acids is 1. The Morgan fingerprint density at radius 1 is 1.05 bits per heavy atom. The van der Waals surface area contributed by atoms with Crippen molar-refractivity contribution in [1.29, 1.82) is 0 Å². The van der Waals surface area contributed by atoms with E-state index in [-0.39, 0.29) is 11.9 Å². The van der Waals surface area contributed by atoms with Crippen LogP contribution < -0.4 is 4.90 Å². The molecule has 3 heterocycles. The number of nitrogens with zero attached hydrogens (tertiary/aromatic N) is 4. The number of amides is 1. The highest BCUT2D eigenvalue weighted by Crippen LogP contribution is 2.34. The molecule has 0 fully saturated rings. The lowest BCUT2D eigenvalue weighted by Crippen LogP contribution is -2.29. The molecule has 37 heavy (non-hydrogen) atoms. The maximum Gasteiger partial charge on any atom is 0.313 e. The molecule has 2 aromatic heterocycles. The molecule has 4 aromatic rings. The van der Waals surface area contributed by atoms with Crippen molar-refractivity contribution in [2.75, 3.05) is 4.90 Å². The molecule has 0 atom stereocenters. The van der Waals surface area contributed by atoms with Crippen LogP contribution in [0.4, 0.5) is 5.82 Å². The van der Waals surface area contributed by atoms with Crippen LogP contribution in [0, 0.1) is 6.92 Å². The van der Waals surface area contributed by atoms with Gasteiger partial charge in [-0.1, -0.05) is 36.4 Å². The summed E-state index contributed by atoms with van der Waals surface area (Å²) in [6.07, 6.45) is 3.70. The summed E-state index contributed by atoms with van der Waals surface area (Å²) in [5, 5.41) is 9.62. The molecule has 0 saturated heterocycles. The van der Waals surface area contributed by atoms with Crippen molar-refractivity contribution in [1.82, 2.24) is 14.5 Å². The van der Waals surface area contributed by atoms with Crippen LogP contribution in [0.1, 0.15) is 60.8 Å². The van der Waals surface area contributed by atoms with Gasteiger partial charge in [0.05, 0.1) is 12.0 Å². The second-order valence-corrected chi connectivity index (χ2v) is 10.4. The van der Waals surface area contributed by atoms with Gasteiger partial charge in [0.1, 0.15) is 11.5 Å².